The summed E-state index contributed by atoms with van der Waals surface area (Å²) in [5.41, 5.74) is 3.80. The summed E-state index contributed by atoms with van der Waals surface area (Å²) in [5.74, 6) is 2.30. The number of hydrogen-bond donors (Lipinski definition) is 1. The number of fused-ring (bicyclic) bond motifs is 2. The maximum absolute atomic E-state index is 6.07. The van der Waals surface area contributed by atoms with E-state index in [4.69, 9.17) is 9.84 Å². The Morgan fingerprint density at radius 2 is 1.97 bits per heavy atom. The smallest absolute Gasteiger partial charge is 0.177 e. The Labute approximate surface area is 168 Å². The Balaban J connectivity index is 1.41. The molecule has 0 spiro atoms. The third-order valence-electron chi connectivity index (χ3n) is 4.98. The van der Waals surface area contributed by atoms with Crippen LogP contribution in [0.25, 0.3) is 16.9 Å². The van der Waals surface area contributed by atoms with Gasteiger partial charge in [0, 0.05) is 38.0 Å². The van der Waals surface area contributed by atoms with Gasteiger partial charge in [0.1, 0.15) is 6.10 Å². The molecule has 0 fully saturated rings. The van der Waals surface area contributed by atoms with Crippen LogP contribution in [0.3, 0.4) is 0 Å². The van der Waals surface area contributed by atoms with Gasteiger partial charge in [-0.2, -0.15) is 9.61 Å². The van der Waals surface area contributed by atoms with E-state index in [1.54, 1.807) is 10.7 Å². The van der Waals surface area contributed by atoms with E-state index in [1.807, 2.05) is 38.4 Å². The Hall–Kier alpha value is -3.68. The molecule has 8 nitrogen and oxygen atoms in total. The molecule has 0 saturated heterocycles. The first-order valence-corrected chi connectivity index (χ1v) is 9.52. The van der Waals surface area contributed by atoms with Crippen molar-refractivity contribution in [3.8, 4) is 17.0 Å². The fourth-order valence-electron chi connectivity index (χ4n) is 3.41. The summed E-state index contributed by atoms with van der Waals surface area (Å²) < 4.78 is 7.87. The molecule has 1 aromatic carbocycles. The minimum atomic E-state index is -0.0658. The SMILES string of the molecule is CN(C)c1ccc(-c2ccc3nnc(CC4CNc5ncccc5O4)n3n2)cc1. The van der Waals surface area contributed by atoms with E-state index >= 15 is 0 Å². The van der Waals surface area contributed by atoms with Crippen molar-refractivity contribution in [3.05, 3.63) is 60.6 Å². The molecule has 3 aromatic heterocycles. The normalized spacial score (nSPS) is 15.4. The van der Waals surface area contributed by atoms with Crippen molar-refractivity contribution in [1.29, 1.82) is 0 Å². The molecular formula is C21H21N7O. The molecule has 1 aliphatic heterocycles. The molecule has 146 valence electrons. The second-order valence-corrected chi connectivity index (χ2v) is 7.22. The molecule has 0 amide bonds. The standard InChI is InChI=1S/C21H21N7O/c1-27(2)15-7-5-14(6-8-15)17-9-10-19-24-25-20(28(19)26-17)12-16-13-23-21-18(29-16)4-3-11-22-21/h3-11,16H,12-13H2,1-2H3,(H,22,23). The average molecular weight is 387 g/mol. The minimum Gasteiger partial charge on any atom is -0.484 e. The van der Waals surface area contributed by atoms with Crippen LogP contribution in [0.15, 0.2) is 54.7 Å². The number of ether oxygens (including phenoxy) is 1. The summed E-state index contributed by atoms with van der Waals surface area (Å²) in [5, 5.41) is 16.7. The maximum atomic E-state index is 6.07. The molecule has 8 heteroatoms. The summed E-state index contributed by atoms with van der Waals surface area (Å²) in [4.78, 5) is 6.35. The van der Waals surface area contributed by atoms with Gasteiger partial charge in [0.25, 0.3) is 0 Å². The average Bonchev–Trinajstić information content (AvgIpc) is 3.15. The molecule has 0 radical (unpaired) electrons. The van der Waals surface area contributed by atoms with Gasteiger partial charge in [0.15, 0.2) is 23.0 Å². The predicted octanol–water partition coefficient (Wildman–Crippen LogP) is 2.67. The lowest BCUT2D eigenvalue weighted by Gasteiger charge is -2.25. The molecule has 4 heterocycles. The van der Waals surface area contributed by atoms with Gasteiger partial charge >= 0.3 is 0 Å². The first kappa shape index (κ1) is 17.4. The first-order chi connectivity index (χ1) is 14.2. The molecule has 29 heavy (non-hydrogen) atoms. The van der Waals surface area contributed by atoms with Crippen LogP contribution < -0.4 is 15.0 Å². The summed E-state index contributed by atoms with van der Waals surface area (Å²) in [6.07, 6.45) is 2.28. The lowest BCUT2D eigenvalue weighted by molar-refractivity contribution is 0.202. The Morgan fingerprint density at radius 1 is 1.10 bits per heavy atom. The van der Waals surface area contributed by atoms with Crippen molar-refractivity contribution in [2.24, 2.45) is 0 Å². The van der Waals surface area contributed by atoms with Gasteiger partial charge in [-0.3, -0.25) is 0 Å². The van der Waals surface area contributed by atoms with E-state index in [2.05, 4.69) is 49.7 Å². The fraction of sp³-hybridized carbons (Fsp3) is 0.238. The molecule has 0 aliphatic carbocycles. The Kier molecular flexibility index (Phi) is 4.23. The first-order valence-electron chi connectivity index (χ1n) is 9.52. The second-order valence-electron chi connectivity index (χ2n) is 7.22. The van der Waals surface area contributed by atoms with Crippen molar-refractivity contribution in [1.82, 2.24) is 24.8 Å². The lowest BCUT2D eigenvalue weighted by Crippen LogP contribution is -2.33. The van der Waals surface area contributed by atoms with Crippen LogP contribution in [-0.2, 0) is 6.42 Å². The zero-order valence-electron chi connectivity index (χ0n) is 16.3. The summed E-state index contributed by atoms with van der Waals surface area (Å²) in [7, 11) is 4.05. The summed E-state index contributed by atoms with van der Waals surface area (Å²) >= 11 is 0. The predicted molar refractivity (Wildman–Crippen MR) is 111 cm³/mol. The third kappa shape index (κ3) is 3.33. The number of aromatic nitrogens is 5. The fourth-order valence-corrected chi connectivity index (χ4v) is 3.41. The van der Waals surface area contributed by atoms with Gasteiger partial charge in [-0.1, -0.05) is 12.1 Å². The van der Waals surface area contributed by atoms with Crippen LogP contribution in [0.2, 0.25) is 0 Å². The zero-order chi connectivity index (χ0) is 19.8. The van der Waals surface area contributed by atoms with E-state index in [-0.39, 0.29) is 6.10 Å². The van der Waals surface area contributed by atoms with Crippen molar-refractivity contribution in [2.45, 2.75) is 12.5 Å². The highest BCUT2D eigenvalue weighted by Crippen LogP contribution is 2.27. The van der Waals surface area contributed by atoms with Crippen LogP contribution in [0.1, 0.15) is 5.82 Å². The van der Waals surface area contributed by atoms with E-state index in [0.717, 1.165) is 40.0 Å². The topological polar surface area (TPSA) is 80.5 Å². The highest BCUT2D eigenvalue weighted by atomic mass is 16.5. The van der Waals surface area contributed by atoms with Gasteiger partial charge in [-0.05, 0) is 36.4 Å². The van der Waals surface area contributed by atoms with Crippen LogP contribution >= 0.6 is 0 Å². The number of pyridine rings is 1. The molecule has 1 unspecified atom stereocenters. The highest BCUT2D eigenvalue weighted by molar-refractivity contribution is 5.63. The van der Waals surface area contributed by atoms with Crippen molar-refractivity contribution in [2.75, 3.05) is 30.9 Å². The van der Waals surface area contributed by atoms with E-state index in [9.17, 15) is 0 Å². The summed E-state index contributed by atoms with van der Waals surface area (Å²) in [6.45, 7) is 0.657. The molecular weight excluding hydrogens is 366 g/mol. The number of nitrogens with zero attached hydrogens (tertiary/aromatic N) is 6. The second kappa shape index (κ2) is 7.05. The van der Waals surface area contributed by atoms with E-state index in [1.165, 1.54) is 0 Å². The van der Waals surface area contributed by atoms with Crippen LogP contribution in [-0.4, -0.2) is 51.5 Å². The van der Waals surface area contributed by atoms with Gasteiger partial charge < -0.3 is 15.0 Å². The number of benzene rings is 1. The number of anilines is 2. The van der Waals surface area contributed by atoms with Gasteiger partial charge in [0.2, 0.25) is 0 Å². The molecule has 4 aromatic rings. The van der Waals surface area contributed by atoms with Crippen LogP contribution in [0.5, 0.6) is 5.75 Å². The third-order valence-corrected chi connectivity index (χ3v) is 4.98. The van der Waals surface area contributed by atoms with E-state index < -0.39 is 0 Å². The van der Waals surface area contributed by atoms with Gasteiger partial charge in [-0.15, -0.1) is 10.2 Å². The molecule has 0 bridgehead atoms. The maximum Gasteiger partial charge on any atom is 0.177 e. The van der Waals surface area contributed by atoms with E-state index in [0.29, 0.717) is 13.0 Å². The monoisotopic (exact) mass is 387 g/mol. The lowest BCUT2D eigenvalue weighted by atomic mass is 10.1. The molecule has 0 saturated carbocycles. The Morgan fingerprint density at radius 3 is 2.79 bits per heavy atom. The Bertz CT molecular complexity index is 1150. The highest BCUT2D eigenvalue weighted by Gasteiger charge is 2.22. The van der Waals surface area contributed by atoms with Crippen molar-refractivity contribution < 1.29 is 4.74 Å². The molecule has 1 N–H and O–H groups in total. The number of nitrogens with one attached hydrogen (secondary N) is 1. The van der Waals surface area contributed by atoms with Gasteiger partial charge in [-0.25, -0.2) is 4.98 Å². The zero-order valence-corrected chi connectivity index (χ0v) is 16.3. The quantitative estimate of drug-likeness (QED) is 0.577. The van der Waals surface area contributed by atoms with Crippen LogP contribution in [0, 0.1) is 0 Å². The molecule has 1 aliphatic rings. The molecule has 1 atom stereocenters. The summed E-state index contributed by atoms with van der Waals surface area (Å²) in [6, 6.07) is 16.0. The minimum absolute atomic E-state index is 0.0658. The van der Waals surface area contributed by atoms with Crippen LogP contribution in [0.4, 0.5) is 11.5 Å². The largest absolute Gasteiger partial charge is 0.484 e. The molecule has 5 rings (SSSR count). The van der Waals surface area contributed by atoms with Crippen molar-refractivity contribution >= 4 is 17.2 Å². The van der Waals surface area contributed by atoms with Crippen molar-refractivity contribution in [3.63, 3.8) is 0 Å². The van der Waals surface area contributed by atoms with Gasteiger partial charge in [0.05, 0.1) is 12.2 Å². The number of hydrogen-bond acceptors (Lipinski definition) is 7. The number of rotatable bonds is 4.